The zero-order chi connectivity index (χ0) is 20.7. The van der Waals surface area contributed by atoms with Gasteiger partial charge in [-0.15, -0.1) is 0 Å². The Morgan fingerprint density at radius 3 is 2.86 bits per heavy atom. The van der Waals surface area contributed by atoms with E-state index in [2.05, 4.69) is 15.8 Å². The van der Waals surface area contributed by atoms with Gasteiger partial charge in [-0.05, 0) is 18.6 Å². The number of imidazole rings is 1. The average Bonchev–Trinajstić information content (AvgIpc) is 3.27. The van der Waals surface area contributed by atoms with Crippen molar-refractivity contribution < 1.29 is 18.5 Å². The fourth-order valence-electron chi connectivity index (χ4n) is 4.42. The summed E-state index contributed by atoms with van der Waals surface area (Å²) in [6.45, 7) is -2.87. The van der Waals surface area contributed by atoms with Crippen LogP contribution in [0.25, 0.3) is 11.0 Å². The summed E-state index contributed by atoms with van der Waals surface area (Å²) in [6.07, 6.45) is 1.38. The maximum Gasteiger partial charge on any atom is 0.320 e. The molecule has 9 nitrogen and oxygen atoms in total. The topological polar surface area (TPSA) is 105 Å². The Bertz CT molecular complexity index is 935. The molecule has 11 heteroatoms. The van der Waals surface area contributed by atoms with E-state index in [1.807, 2.05) is 0 Å². The van der Waals surface area contributed by atoms with E-state index in [9.17, 15) is 23.7 Å². The number of nitrogens with zero attached hydrogens (tertiary/aromatic N) is 4. The highest BCUT2D eigenvalue weighted by molar-refractivity contribution is 5.82. The van der Waals surface area contributed by atoms with Crippen LogP contribution in [-0.2, 0) is 11.3 Å². The summed E-state index contributed by atoms with van der Waals surface area (Å²) in [5.41, 5.74) is 6.75. The molecule has 2 fully saturated rings. The summed E-state index contributed by atoms with van der Waals surface area (Å²) < 4.78 is 28.1. The van der Waals surface area contributed by atoms with Crippen molar-refractivity contribution >= 4 is 16.9 Å². The summed E-state index contributed by atoms with van der Waals surface area (Å²) in [6, 6.07) is 5.26. The van der Waals surface area contributed by atoms with Crippen molar-refractivity contribution in [1.82, 2.24) is 25.3 Å². The maximum atomic E-state index is 13.6. The molecule has 1 amide bonds. The van der Waals surface area contributed by atoms with Gasteiger partial charge in [0.05, 0.1) is 17.6 Å². The van der Waals surface area contributed by atoms with Crippen molar-refractivity contribution in [1.29, 1.82) is 0 Å². The average molecular weight is 408 g/mol. The molecule has 29 heavy (non-hydrogen) atoms. The Morgan fingerprint density at radius 1 is 1.38 bits per heavy atom. The van der Waals surface area contributed by atoms with E-state index < -0.39 is 18.6 Å². The number of aromatic nitrogens is 2. The molecule has 2 N–H and O–H groups in total. The number of likely N-dealkylation sites (N-methyl/N-ethyl adjacent to an activating group) is 1. The summed E-state index contributed by atoms with van der Waals surface area (Å²) in [7, 11) is 1.53. The number of benzene rings is 1. The Balaban J connectivity index is 1.52. The summed E-state index contributed by atoms with van der Waals surface area (Å²) in [5.74, 6) is -0.434. The van der Waals surface area contributed by atoms with E-state index in [-0.39, 0.29) is 35.2 Å². The molecule has 4 atom stereocenters. The highest BCUT2D eigenvalue weighted by atomic mass is 19.3. The number of hydrazine groups is 1. The van der Waals surface area contributed by atoms with Gasteiger partial charge in [-0.25, -0.2) is 10.4 Å². The molecule has 2 aromatic rings. The minimum atomic E-state index is -2.78. The number of halogens is 2. The molecule has 156 valence electrons. The van der Waals surface area contributed by atoms with Gasteiger partial charge in [0.2, 0.25) is 11.9 Å². The Kier molecular flexibility index (Phi) is 5.17. The van der Waals surface area contributed by atoms with Crippen molar-refractivity contribution in [2.24, 2.45) is 5.92 Å². The molecule has 0 radical (unpaired) electrons. The minimum absolute atomic E-state index is 0.0146. The lowest BCUT2D eigenvalue weighted by atomic mass is 9.79. The number of fused-ring (bicyclic) bond motifs is 2. The van der Waals surface area contributed by atoms with Gasteiger partial charge in [-0.2, -0.15) is 8.78 Å². The lowest BCUT2D eigenvalue weighted by molar-refractivity contribution is -0.528. The number of carbonyl (C=O) groups is 1. The largest absolute Gasteiger partial charge is 0.337 e. The number of para-hydroxylation sites is 2. The van der Waals surface area contributed by atoms with Crippen LogP contribution in [0.4, 0.5) is 8.78 Å². The first-order valence-corrected chi connectivity index (χ1v) is 9.50. The molecule has 1 aromatic heterocycles. The molecule has 1 aromatic carbocycles. The van der Waals surface area contributed by atoms with Crippen LogP contribution in [0, 0.1) is 16.0 Å². The molecule has 1 aliphatic carbocycles. The van der Waals surface area contributed by atoms with Gasteiger partial charge >= 0.3 is 6.55 Å². The number of carbonyl (C=O) groups excluding carboxylic acids is 1. The van der Waals surface area contributed by atoms with Crippen molar-refractivity contribution in [2.45, 2.75) is 50.5 Å². The Morgan fingerprint density at radius 2 is 2.14 bits per heavy atom. The number of amides is 1. The van der Waals surface area contributed by atoms with Gasteiger partial charge < -0.3 is 4.90 Å². The Labute approximate surface area is 165 Å². The molecular formula is C18H22F2N6O3. The standard InChI is InChI=1S/C18H22F2N6O3/c1-24(9-15-21-13-4-2-3-5-14(13)25(15)18(19)20)17(27)16-11-8-10(26(28)29)6-7-12(11)22-23-16/h2-5,10-12,16,18,22-23H,6-9H2,1H3. The molecule has 1 aliphatic heterocycles. The van der Waals surface area contributed by atoms with Crippen LogP contribution in [0.15, 0.2) is 24.3 Å². The van der Waals surface area contributed by atoms with Crippen LogP contribution >= 0.6 is 0 Å². The van der Waals surface area contributed by atoms with E-state index in [0.29, 0.717) is 30.3 Å². The van der Waals surface area contributed by atoms with Crippen molar-refractivity contribution in [3.05, 3.63) is 40.2 Å². The van der Waals surface area contributed by atoms with Gasteiger partial charge in [-0.1, -0.05) is 12.1 Å². The van der Waals surface area contributed by atoms with Crippen LogP contribution in [0.1, 0.15) is 31.6 Å². The van der Waals surface area contributed by atoms with Gasteiger partial charge in [0.1, 0.15) is 11.9 Å². The number of hydrogen-bond donors (Lipinski definition) is 2. The highest BCUT2D eigenvalue weighted by Gasteiger charge is 2.47. The molecule has 2 aliphatic rings. The van der Waals surface area contributed by atoms with Gasteiger partial charge in [0, 0.05) is 36.8 Å². The Hall–Kier alpha value is -2.66. The third-order valence-corrected chi connectivity index (χ3v) is 5.91. The van der Waals surface area contributed by atoms with Crippen LogP contribution < -0.4 is 10.9 Å². The van der Waals surface area contributed by atoms with Crippen molar-refractivity contribution in [3.63, 3.8) is 0 Å². The number of rotatable bonds is 5. The first-order chi connectivity index (χ1) is 13.9. The second-order valence-corrected chi connectivity index (χ2v) is 7.65. The van der Waals surface area contributed by atoms with Crippen molar-refractivity contribution in [3.8, 4) is 0 Å². The quantitative estimate of drug-likeness (QED) is 0.576. The fraction of sp³-hybridized carbons (Fsp3) is 0.556. The molecule has 0 bridgehead atoms. The zero-order valence-electron chi connectivity index (χ0n) is 15.8. The summed E-state index contributed by atoms with van der Waals surface area (Å²) >= 11 is 0. The predicted molar refractivity (Wildman–Crippen MR) is 99.4 cm³/mol. The number of hydrogen-bond acceptors (Lipinski definition) is 6. The second-order valence-electron chi connectivity index (χ2n) is 7.65. The molecule has 2 heterocycles. The van der Waals surface area contributed by atoms with Crippen LogP contribution in [0.2, 0.25) is 0 Å². The monoisotopic (exact) mass is 408 g/mol. The van der Waals surface area contributed by atoms with Gasteiger partial charge in [0.25, 0.3) is 0 Å². The first-order valence-electron chi connectivity index (χ1n) is 9.50. The first kappa shape index (κ1) is 19.6. The summed E-state index contributed by atoms with van der Waals surface area (Å²) in [4.78, 5) is 29.5. The van der Waals surface area contributed by atoms with E-state index >= 15 is 0 Å². The molecule has 1 saturated carbocycles. The van der Waals surface area contributed by atoms with E-state index in [1.165, 1.54) is 11.9 Å². The normalized spacial score (nSPS) is 26.6. The number of nitro groups is 1. The van der Waals surface area contributed by atoms with Crippen LogP contribution in [-0.4, -0.2) is 50.5 Å². The minimum Gasteiger partial charge on any atom is -0.337 e. The maximum absolute atomic E-state index is 13.6. The SMILES string of the molecule is CN(Cc1nc2ccccc2n1C(F)F)C(=O)C1NNC2CCC([N+](=O)[O-])CC21. The number of alkyl halides is 2. The van der Waals surface area contributed by atoms with E-state index in [4.69, 9.17) is 0 Å². The zero-order valence-corrected chi connectivity index (χ0v) is 15.8. The number of nitrogens with one attached hydrogen (secondary N) is 2. The lowest BCUT2D eigenvalue weighted by Crippen LogP contribution is -2.47. The van der Waals surface area contributed by atoms with Gasteiger partial charge in [0.15, 0.2) is 0 Å². The van der Waals surface area contributed by atoms with Crippen molar-refractivity contribution in [2.75, 3.05) is 7.05 Å². The molecule has 4 rings (SSSR count). The molecule has 1 saturated heterocycles. The molecule has 0 spiro atoms. The fourth-order valence-corrected chi connectivity index (χ4v) is 4.42. The smallest absolute Gasteiger partial charge is 0.320 e. The molecule has 4 unspecified atom stereocenters. The van der Waals surface area contributed by atoms with Crippen LogP contribution in [0.5, 0.6) is 0 Å². The van der Waals surface area contributed by atoms with E-state index in [1.54, 1.807) is 24.3 Å². The molecular weight excluding hydrogens is 386 g/mol. The van der Waals surface area contributed by atoms with Crippen LogP contribution in [0.3, 0.4) is 0 Å². The predicted octanol–water partition coefficient (Wildman–Crippen LogP) is 1.68. The van der Waals surface area contributed by atoms with E-state index in [0.717, 1.165) is 4.57 Å². The highest BCUT2D eigenvalue weighted by Crippen LogP contribution is 2.32. The third kappa shape index (κ3) is 3.55. The van der Waals surface area contributed by atoms with Gasteiger partial charge in [-0.3, -0.25) is 24.9 Å². The lowest BCUT2D eigenvalue weighted by Gasteiger charge is -2.30. The summed E-state index contributed by atoms with van der Waals surface area (Å²) in [5, 5.41) is 11.2. The second kappa shape index (κ2) is 7.64. The third-order valence-electron chi connectivity index (χ3n) is 5.91.